The van der Waals surface area contributed by atoms with Crippen LogP contribution >= 0.6 is 11.8 Å². The van der Waals surface area contributed by atoms with Crippen molar-refractivity contribution in [2.24, 2.45) is 0 Å². The maximum Gasteiger partial charge on any atom is 0.335 e. The highest BCUT2D eigenvalue weighted by Crippen LogP contribution is 2.21. The lowest BCUT2D eigenvalue weighted by atomic mass is 10.1. The standard InChI is InChI=1S/C11H13FO2S/c1-7(2)15-6-8-5-9(12)3-4-10(8)11(13)14/h3-5,7H,6H2,1-2H3,(H,13,14). The van der Waals surface area contributed by atoms with Crippen molar-refractivity contribution in [3.63, 3.8) is 0 Å². The first-order valence-corrected chi connectivity index (χ1v) is 5.69. The Morgan fingerprint density at radius 2 is 2.20 bits per heavy atom. The molecule has 2 nitrogen and oxygen atoms in total. The fourth-order valence-electron chi connectivity index (χ4n) is 1.15. The topological polar surface area (TPSA) is 37.3 Å². The average molecular weight is 228 g/mol. The van der Waals surface area contributed by atoms with Crippen molar-refractivity contribution < 1.29 is 14.3 Å². The van der Waals surface area contributed by atoms with Gasteiger partial charge in [-0.3, -0.25) is 0 Å². The molecule has 0 bridgehead atoms. The predicted molar refractivity (Wildman–Crippen MR) is 59.8 cm³/mol. The molecule has 0 amide bonds. The predicted octanol–water partition coefficient (Wildman–Crippen LogP) is 3.17. The van der Waals surface area contributed by atoms with E-state index in [1.54, 1.807) is 11.8 Å². The third-order valence-corrected chi connectivity index (χ3v) is 3.01. The number of benzene rings is 1. The zero-order valence-electron chi connectivity index (χ0n) is 8.66. The number of aromatic carboxylic acids is 1. The highest BCUT2D eigenvalue weighted by molar-refractivity contribution is 7.99. The summed E-state index contributed by atoms with van der Waals surface area (Å²) in [7, 11) is 0. The Balaban J connectivity index is 2.92. The van der Waals surface area contributed by atoms with Crippen LogP contribution in [0.1, 0.15) is 29.8 Å². The summed E-state index contributed by atoms with van der Waals surface area (Å²) < 4.78 is 12.9. The van der Waals surface area contributed by atoms with Crippen LogP contribution in [0.4, 0.5) is 4.39 Å². The Hall–Kier alpha value is -1.03. The van der Waals surface area contributed by atoms with Crippen molar-refractivity contribution >= 4 is 17.7 Å². The maximum absolute atomic E-state index is 12.9. The molecule has 4 heteroatoms. The highest BCUT2D eigenvalue weighted by atomic mass is 32.2. The van der Waals surface area contributed by atoms with Crippen molar-refractivity contribution in [3.8, 4) is 0 Å². The van der Waals surface area contributed by atoms with Crippen LogP contribution in [0.15, 0.2) is 18.2 Å². The quantitative estimate of drug-likeness (QED) is 0.860. The molecule has 0 aliphatic heterocycles. The summed E-state index contributed by atoms with van der Waals surface area (Å²) in [5.74, 6) is -0.870. The lowest BCUT2D eigenvalue weighted by molar-refractivity contribution is 0.0696. The fourth-order valence-corrected chi connectivity index (χ4v) is 1.90. The Morgan fingerprint density at radius 3 is 2.73 bits per heavy atom. The molecule has 82 valence electrons. The normalized spacial score (nSPS) is 10.7. The fraction of sp³-hybridized carbons (Fsp3) is 0.364. The summed E-state index contributed by atoms with van der Waals surface area (Å²) in [6.07, 6.45) is 0. The van der Waals surface area contributed by atoms with Crippen LogP contribution in [-0.2, 0) is 5.75 Å². The molecule has 0 saturated heterocycles. The van der Waals surface area contributed by atoms with E-state index in [0.29, 0.717) is 16.6 Å². The molecule has 0 radical (unpaired) electrons. The molecular weight excluding hydrogens is 215 g/mol. The molecule has 0 heterocycles. The number of carboxylic acids is 1. The molecule has 1 N–H and O–H groups in total. The van der Waals surface area contributed by atoms with Gasteiger partial charge in [0.15, 0.2) is 0 Å². The molecule has 0 spiro atoms. The minimum absolute atomic E-state index is 0.185. The van der Waals surface area contributed by atoms with E-state index in [0.717, 1.165) is 0 Å². The van der Waals surface area contributed by atoms with E-state index in [9.17, 15) is 9.18 Å². The second kappa shape index (κ2) is 5.16. The number of carbonyl (C=O) groups is 1. The molecule has 0 aromatic heterocycles. The van der Waals surface area contributed by atoms with Crippen LogP contribution in [0.25, 0.3) is 0 Å². The molecule has 0 atom stereocenters. The van der Waals surface area contributed by atoms with Gasteiger partial charge in [0.1, 0.15) is 5.82 Å². The third-order valence-electron chi connectivity index (χ3n) is 1.87. The summed E-state index contributed by atoms with van der Waals surface area (Å²) in [6, 6.07) is 3.78. The zero-order chi connectivity index (χ0) is 11.4. The Bertz CT molecular complexity index is 364. The third kappa shape index (κ3) is 3.55. The number of rotatable bonds is 4. The van der Waals surface area contributed by atoms with Gasteiger partial charge in [0, 0.05) is 5.75 Å². The molecule has 15 heavy (non-hydrogen) atoms. The van der Waals surface area contributed by atoms with Crippen LogP contribution in [0.5, 0.6) is 0 Å². The van der Waals surface area contributed by atoms with Gasteiger partial charge in [0.25, 0.3) is 0 Å². The van der Waals surface area contributed by atoms with E-state index in [1.165, 1.54) is 18.2 Å². The Labute approximate surface area is 92.5 Å². The number of hydrogen-bond donors (Lipinski definition) is 1. The molecular formula is C11H13FO2S. The van der Waals surface area contributed by atoms with Crippen molar-refractivity contribution in [1.82, 2.24) is 0 Å². The van der Waals surface area contributed by atoms with Crippen LogP contribution < -0.4 is 0 Å². The summed E-state index contributed by atoms with van der Waals surface area (Å²) >= 11 is 1.59. The van der Waals surface area contributed by atoms with Gasteiger partial charge in [-0.15, -0.1) is 0 Å². The second-order valence-corrected chi connectivity index (χ2v) is 5.03. The largest absolute Gasteiger partial charge is 0.478 e. The van der Waals surface area contributed by atoms with Crippen molar-refractivity contribution in [2.75, 3.05) is 0 Å². The highest BCUT2D eigenvalue weighted by Gasteiger charge is 2.11. The van der Waals surface area contributed by atoms with E-state index in [4.69, 9.17) is 5.11 Å². The molecule has 0 unspecified atom stereocenters. The zero-order valence-corrected chi connectivity index (χ0v) is 9.47. The van der Waals surface area contributed by atoms with Crippen molar-refractivity contribution in [3.05, 3.63) is 35.1 Å². The van der Waals surface area contributed by atoms with E-state index in [1.807, 2.05) is 13.8 Å². The van der Waals surface area contributed by atoms with Crippen LogP contribution in [0, 0.1) is 5.82 Å². The number of thioether (sulfide) groups is 1. The molecule has 0 aliphatic carbocycles. The van der Waals surface area contributed by atoms with Crippen molar-refractivity contribution in [2.45, 2.75) is 24.9 Å². The SMILES string of the molecule is CC(C)SCc1cc(F)ccc1C(=O)O. The van der Waals surface area contributed by atoms with Crippen molar-refractivity contribution in [1.29, 1.82) is 0 Å². The summed E-state index contributed by atoms with van der Waals surface area (Å²) in [5.41, 5.74) is 0.728. The Morgan fingerprint density at radius 1 is 1.53 bits per heavy atom. The average Bonchev–Trinajstić information content (AvgIpc) is 2.14. The Kier molecular flexibility index (Phi) is 4.15. The van der Waals surface area contributed by atoms with E-state index in [2.05, 4.69) is 0 Å². The first kappa shape index (κ1) is 12.0. The summed E-state index contributed by atoms with van der Waals surface area (Å²) in [5, 5.41) is 9.29. The molecule has 0 fully saturated rings. The molecule has 0 aliphatic rings. The first-order valence-electron chi connectivity index (χ1n) is 4.64. The first-order chi connectivity index (χ1) is 7.00. The van der Waals surface area contributed by atoms with Gasteiger partial charge in [0.05, 0.1) is 5.56 Å². The van der Waals surface area contributed by atoms with Gasteiger partial charge in [-0.1, -0.05) is 13.8 Å². The van der Waals surface area contributed by atoms with E-state index >= 15 is 0 Å². The molecule has 1 aromatic rings. The van der Waals surface area contributed by atoms with E-state index < -0.39 is 5.97 Å². The number of hydrogen-bond acceptors (Lipinski definition) is 2. The van der Waals surface area contributed by atoms with Crippen LogP contribution in [-0.4, -0.2) is 16.3 Å². The molecule has 1 aromatic carbocycles. The summed E-state index contributed by atoms with van der Waals surface area (Å²) in [4.78, 5) is 10.8. The van der Waals surface area contributed by atoms with Gasteiger partial charge >= 0.3 is 5.97 Å². The lowest BCUT2D eigenvalue weighted by Gasteiger charge is -2.08. The van der Waals surface area contributed by atoms with E-state index in [-0.39, 0.29) is 11.4 Å². The number of halogens is 1. The maximum atomic E-state index is 12.9. The number of carboxylic acid groups (broad SMARTS) is 1. The van der Waals surface area contributed by atoms with Gasteiger partial charge < -0.3 is 5.11 Å². The minimum atomic E-state index is -1.01. The minimum Gasteiger partial charge on any atom is -0.478 e. The smallest absolute Gasteiger partial charge is 0.335 e. The van der Waals surface area contributed by atoms with Gasteiger partial charge in [-0.25, -0.2) is 9.18 Å². The van der Waals surface area contributed by atoms with Crippen LogP contribution in [0.3, 0.4) is 0 Å². The van der Waals surface area contributed by atoms with Gasteiger partial charge in [0.2, 0.25) is 0 Å². The van der Waals surface area contributed by atoms with Crippen LogP contribution in [0.2, 0.25) is 0 Å². The monoisotopic (exact) mass is 228 g/mol. The summed E-state index contributed by atoms with van der Waals surface area (Å²) in [6.45, 7) is 4.04. The second-order valence-electron chi connectivity index (χ2n) is 3.47. The lowest BCUT2D eigenvalue weighted by Crippen LogP contribution is -2.03. The molecule has 1 rings (SSSR count). The van der Waals surface area contributed by atoms with Gasteiger partial charge in [-0.05, 0) is 29.0 Å². The molecule has 0 saturated carbocycles. The van der Waals surface area contributed by atoms with Gasteiger partial charge in [-0.2, -0.15) is 11.8 Å².